The van der Waals surface area contributed by atoms with Gasteiger partial charge in [-0.15, -0.1) is 0 Å². The van der Waals surface area contributed by atoms with Crippen LogP contribution in [0.5, 0.6) is 0 Å². The van der Waals surface area contributed by atoms with Crippen molar-refractivity contribution in [2.45, 2.75) is 90.3 Å². The van der Waals surface area contributed by atoms with Gasteiger partial charge < -0.3 is 20.7 Å². The number of fused-ring (bicyclic) bond motifs is 1. The van der Waals surface area contributed by atoms with Crippen molar-refractivity contribution in [2.75, 3.05) is 5.75 Å². The third kappa shape index (κ3) is 9.64. The van der Waals surface area contributed by atoms with Crippen molar-refractivity contribution in [3.8, 4) is 11.1 Å². The van der Waals surface area contributed by atoms with Crippen molar-refractivity contribution in [3.63, 3.8) is 0 Å². The number of nitrogens with zero attached hydrogens (tertiary/aromatic N) is 2. The van der Waals surface area contributed by atoms with Crippen molar-refractivity contribution >= 4 is 39.8 Å². The van der Waals surface area contributed by atoms with E-state index in [4.69, 9.17) is 10.7 Å². The molecule has 9 heteroatoms. The molecule has 1 aromatic heterocycles. The molecule has 1 aliphatic carbocycles. The fourth-order valence-electron chi connectivity index (χ4n) is 7.54. The minimum absolute atomic E-state index is 0.00775. The van der Waals surface area contributed by atoms with Crippen LogP contribution in [0.3, 0.4) is 0 Å². The van der Waals surface area contributed by atoms with E-state index in [1.54, 1.807) is 12.1 Å². The highest BCUT2D eigenvalue weighted by Crippen LogP contribution is 2.29. The standard InChI is InChI=1S/C44H50N4O4S/c1-3-12-40-47-41-29(2)23-34(26-39(41)48(40)27-32-19-21-33(22-20-32)36-17-10-11-18-37(36)43(50)51)42(49)46-35(24-30-13-6-4-7-14-30)28-53-44(52)38(45)25-31-15-8-5-9-16-31/h4,6-7,10-11,13-14,17-23,26,31,35,38H,3,5,8-9,12,15-16,24-25,27-28,45H2,1-2H3,(H,46,49)(H,50,51)/t35-,38+/m1/s1. The molecule has 0 bridgehead atoms. The number of amides is 1. The van der Waals surface area contributed by atoms with Crippen LogP contribution in [0.15, 0.2) is 91.0 Å². The number of nitrogens with two attached hydrogens (primary N) is 1. The zero-order valence-corrected chi connectivity index (χ0v) is 31.5. The maximum atomic E-state index is 14.0. The van der Waals surface area contributed by atoms with Crippen molar-refractivity contribution in [2.24, 2.45) is 11.7 Å². The van der Waals surface area contributed by atoms with Gasteiger partial charge in [-0.3, -0.25) is 9.59 Å². The van der Waals surface area contributed by atoms with Gasteiger partial charge >= 0.3 is 5.97 Å². The number of thioether (sulfide) groups is 1. The second-order valence-electron chi connectivity index (χ2n) is 14.4. The maximum absolute atomic E-state index is 14.0. The van der Waals surface area contributed by atoms with Gasteiger partial charge in [-0.2, -0.15) is 0 Å². The van der Waals surface area contributed by atoms with Crippen LogP contribution in [-0.2, 0) is 24.2 Å². The molecule has 1 fully saturated rings. The summed E-state index contributed by atoms with van der Waals surface area (Å²) in [5.74, 6) is 0.756. The molecule has 53 heavy (non-hydrogen) atoms. The molecular weight excluding hydrogens is 681 g/mol. The summed E-state index contributed by atoms with van der Waals surface area (Å²) < 4.78 is 2.19. The van der Waals surface area contributed by atoms with E-state index in [2.05, 4.69) is 16.8 Å². The minimum atomic E-state index is -0.957. The van der Waals surface area contributed by atoms with Gasteiger partial charge in [0.25, 0.3) is 5.91 Å². The predicted octanol–water partition coefficient (Wildman–Crippen LogP) is 8.61. The van der Waals surface area contributed by atoms with E-state index in [0.29, 0.717) is 35.8 Å². The SMILES string of the molecule is CCCc1nc2c(C)cc(C(=O)N[C@@H](CSC(=O)[C@@H](N)CC3CCCCC3)Cc3ccccc3)cc2n1Cc1ccc(-c2ccccc2C(=O)O)cc1. The van der Waals surface area contributed by atoms with Gasteiger partial charge in [-0.25, -0.2) is 9.78 Å². The number of benzene rings is 4. The van der Waals surface area contributed by atoms with Crippen molar-refractivity contribution in [1.29, 1.82) is 0 Å². The molecule has 6 rings (SSSR count). The van der Waals surface area contributed by atoms with Gasteiger partial charge in [0.1, 0.15) is 5.82 Å². The number of rotatable bonds is 15. The molecule has 1 saturated carbocycles. The van der Waals surface area contributed by atoms with Gasteiger partial charge in [0.15, 0.2) is 0 Å². The number of carbonyl (C=O) groups excluding carboxylic acids is 2. The first-order valence-electron chi connectivity index (χ1n) is 18.9. The van der Waals surface area contributed by atoms with Gasteiger partial charge in [0.2, 0.25) is 5.12 Å². The second-order valence-corrected chi connectivity index (χ2v) is 15.4. The van der Waals surface area contributed by atoms with Crippen LogP contribution in [0.4, 0.5) is 0 Å². The molecule has 2 atom stereocenters. The highest BCUT2D eigenvalue weighted by molar-refractivity contribution is 8.13. The number of carbonyl (C=O) groups is 3. The molecule has 0 aliphatic heterocycles. The fourth-order valence-corrected chi connectivity index (χ4v) is 8.42. The lowest BCUT2D eigenvalue weighted by Crippen LogP contribution is -2.39. The molecule has 8 nitrogen and oxygen atoms in total. The topological polar surface area (TPSA) is 127 Å². The molecule has 0 saturated heterocycles. The Morgan fingerprint density at radius 3 is 2.38 bits per heavy atom. The molecule has 0 radical (unpaired) electrons. The third-order valence-electron chi connectivity index (χ3n) is 10.3. The fraction of sp³-hybridized carbons (Fsp3) is 0.364. The van der Waals surface area contributed by atoms with Crippen molar-refractivity contribution < 1.29 is 19.5 Å². The zero-order chi connectivity index (χ0) is 37.3. The number of aromatic nitrogens is 2. The number of hydrogen-bond acceptors (Lipinski definition) is 6. The quantitative estimate of drug-likeness (QED) is 0.0985. The smallest absolute Gasteiger partial charge is 0.336 e. The molecule has 276 valence electrons. The minimum Gasteiger partial charge on any atom is -0.478 e. The average Bonchev–Trinajstić information content (AvgIpc) is 3.51. The summed E-state index contributed by atoms with van der Waals surface area (Å²) in [6.45, 7) is 4.67. The summed E-state index contributed by atoms with van der Waals surface area (Å²) in [5.41, 5.74) is 13.5. The van der Waals surface area contributed by atoms with E-state index in [-0.39, 0.29) is 22.6 Å². The monoisotopic (exact) mass is 730 g/mol. The molecule has 0 spiro atoms. The molecule has 4 N–H and O–H groups in total. The molecule has 1 heterocycles. The lowest BCUT2D eigenvalue weighted by molar-refractivity contribution is -0.112. The first-order chi connectivity index (χ1) is 25.7. The largest absolute Gasteiger partial charge is 0.478 e. The number of aryl methyl sites for hydroxylation is 2. The van der Waals surface area contributed by atoms with Gasteiger partial charge in [-0.05, 0) is 78.1 Å². The van der Waals surface area contributed by atoms with Crippen LogP contribution in [-0.4, -0.2) is 49.5 Å². The van der Waals surface area contributed by atoms with Crippen LogP contribution in [0.25, 0.3) is 22.2 Å². The van der Waals surface area contributed by atoms with Crippen LogP contribution in [0, 0.1) is 12.8 Å². The molecule has 4 aromatic carbocycles. The molecule has 1 aliphatic rings. The summed E-state index contributed by atoms with van der Waals surface area (Å²) in [4.78, 5) is 44.1. The van der Waals surface area contributed by atoms with E-state index >= 15 is 0 Å². The lowest BCUT2D eigenvalue weighted by Gasteiger charge is -2.24. The Kier molecular flexibility index (Phi) is 12.8. The molecular formula is C44H50N4O4S. The Balaban J connectivity index is 1.22. The number of imidazole rings is 1. The average molecular weight is 731 g/mol. The summed E-state index contributed by atoms with van der Waals surface area (Å²) in [7, 11) is 0. The summed E-state index contributed by atoms with van der Waals surface area (Å²) >= 11 is 1.24. The van der Waals surface area contributed by atoms with Crippen LogP contribution < -0.4 is 11.1 Å². The van der Waals surface area contributed by atoms with Crippen molar-refractivity contribution in [3.05, 3.63) is 125 Å². The predicted molar refractivity (Wildman–Crippen MR) is 214 cm³/mol. The van der Waals surface area contributed by atoms with E-state index in [1.165, 1.54) is 31.0 Å². The van der Waals surface area contributed by atoms with E-state index < -0.39 is 12.0 Å². The highest BCUT2D eigenvalue weighted by Gasteiger charge is 2.24. The number of nitrogens with one attached hydrogen (secondary N) is 1. The lowest BCUT2D eigenvalue weighted by atomic mass is 9.85. The number of hydrogen-bond donors (Lipinski definition) is 3. The van der Waals surface area contributed by atoms with Crippen LogP contribution >= 0.6 is 11.8 Å². The molecule has 0 unspecified atom stereocenters. The van der Waals surface area contributed by atoms with Gasteiger partial charge in [-0.1, -0.05) is 124 Å². The Morgan fingerprint density at radius 1 is 0.943 bits per heavy atom. The Labute approximate surface area is 316 Å². The normalized spacial score (nSPS) is 14.5. The van der Waals surface area contributed by atoms with E-state index in [1.807, 2.05) is 85.8 Å². The Morgan fingerprint density at radius 2 is 1.66 bits per heavy atom. The van der Waals surface area contributed by atoms with Crippen LogP contribution in [0.1, 0.15) is 95.1 Å². The Hall–Kier alpha value is -4.73. The number of aromatic carboxylic acids is 1. The molecule has 5 aromatic rings. The summed E-state index contributed by atoms with van der Waals surface area (Å²) in [5, 5.41) is 12.9. The van der Waals surface area contributed by atoms with Crippen molar-refractivity contribution in [1.82, 2.24) is 14.9 Å². The van der Waals surface area contributed by atoms with E-state index in [9.17, 15) is 19.5 Å². The Bertz CT molecular complexity index is 2040. The number of carboxylic acids is 1. The molecule has 1 amide bonds. The highest BCUT2D eigenvalue weighted by atomic mass is 32.2. The first kappa shape index (κ1) is 38.0. The summed E-state index contributed by atoms with van der Waals surface area (Å²) in [6, 6.07) is 28.1. The second kappa shape index (κ2) is 17.9. The van der Waals surface area contributed by atoms with Crippen LogP contribution in [0.2, 0.25) is 0 Å². The maximum Gasteiger partial charge on any atom is 0.336 e. The van der Waals surface area contributed by atoms with Gasteiger partial charge in [0, 0.05) is 30.3 Å². The van der Waals surface area contributed by atoms with E-state index in [0.717, 1.165) is 71.2 Å². The zero-order valence-electron chi connectivity index (χ0n) is 30.7. The number of carboxylic acid groups (broad SMARTS) is 1. The van der Waals surface area contributed by atoms with Gasteiger partial charge in [0.05, 0.1) is 22.6 Å². The first-order valence-corrected chi connectivity index (χ1v) is 19.9. The summed E-state index contributed by atoms with van der Waals surface area (Å²) in [6.07, 6.45) is 9.03. The third-order valence-corrected chi connectivity index (χ3v) is 11.5.